The molecule has 0 bridgehead atoms. The van der Waals surface area contributed by atoms with Crippen LogP contribution in [0.5, 0.6) is 0 Å². The van der Waals surface area contributed by atoms with Crippen LogP contribution in [0.1, 0.15) is 76.5 Å². The third kappa shape index (κ3) is 5.63. The van der Waals surface area contributed by atoms with Crippen LogP contribution in [0.15, 0.2) is 48.5 Å². The largest absolute Gasteiger partial charge is 0.465 e. The average molecular weight is 557 g/mol. The molecule has 1 atom stereocenters. The summed E-state index contributed by atoms with van der Waals surface area (Å²) >= 11 is 0. The van der Waals surface area contributed by atoms with E-state index in [-0.39, 0.29) is 28.2 Å². The van der Waals surface area contributed by atoms with Crippen LogP contribution < -0.4 is 0 Å². The number of rotatable bonds is 7. The lowest BCUT2D eigenvalue weighted by Gasteiger charge is -2.19. The number of carbonyl (C=O) groups is 4. The molecule has 212 valence electrons. The topological polar surface area (TPSA) is 105 Å². The Morgan fingerprint density at radius 3 is 1.27 bits per heavy atom. The quantitative estimate of drug-likeness (QED) is 0.199. The van der Waals surface area contributed by atoms with E-state index in [1.807, 2.05) is 38.1 Å². The monoisotopic (exact) mass is 556 g/mol. The molecule has 0 spiro atoms. The van der Waals surface area contributed by atoms with Crippen LogP contribution in [-0.2, 0) is 25.4 Å². The molecule has 0 aliphatic heterocycles. The molecular weight excluding hydrogens is 524 g/mol. The second-order valence-corrected chi connectivity index (χ2v) is 10.0. The highest BCUT2D eigenvalue weighted by atomic mass is 16.5. The molecule has 0 fully saturated rings. The molecule has 41 heavy (non-hydrogen) atoms. The van der Waals surface area contributed by atoms with E-state index < -0.39 is 23.9 Å². The maximum atomic E-state index is 12.4. The minimum Gasteiger partial charge on any atom is -0.465 e. The summed E-state index contributed by atoms with van der Waals surface area (Å²) in [5, 5.41) is 3.23. The summed E-state index contributed by atoms with van der Waals surface area (Å²) in [6, 6.07) is 14.7. The van der Waals surface area contributed by atoms with Crippen molar-refractivity contribution in [2.45, 2.75) is 33.1 Å². The van der Waals surface area contributed by atoms with E-state index in [0.29, 0.717) is 6.42 Å². The highest BCUT2D eigenvalue weighted by Gasteiger charge is 2.22. The SMILES string of the molecule is COC(=O)c1cc2cc(C)c(CC(C)c3cc4cc(C(=O)OC)c(C(=O)OC)cc4cc3C)cc2cc1C(=O)OC. The number of esters is 4. The normalized spacial score (nSPS) is 11.7. The Bertz CT molecular complexity index is 1720. The Morgan fingerprint density at radius 2 is 0.878 bits per heavy atom. The first-order valence-electron chi connectivity index (χ1n) is 13.0. The maximum Gasteiger partial charge on any atom is 0.338 e. The van der Waals surface area contributed by atoms with Gasteiger partial charge in [-0.05, 0) is 94.3 Å². The molecule has 1 unspecified atom stereocenters. The second kappa shape index (κ2) is 11.8. The van der Waals surface area contributed by atoms with Gasteiger partial charge < -0.3 is 18.9 Å². The van der Waals surface area contributed by atoms with Crippen molar-refractivity contribution in [1.82, 2.24) is 0 Å². The number of ether oxygens (including phenoxy) is 4. The zero-order chi connectivity index (χ0) is 30.0. The predicted molar refractivity (Wildman–Crippen MR) is 155 cm³/mol. The van der Waals surface area contributed by atoms with Gasteiger partial charge in [0.1, 0.15) is 0 Å². The van der Waals surface area contributed by atoms with E-state index in [1.54, 1.807) is 24.3 Å². The van der Waals surface area contributed by atoms with E-state index in [0.717, 1.165) is 43.8 Å². The second-order valence-electron chi connectivity index (χ2n) is 10.0. The molecule has 4 aromatic carbocycles. The molecule has 0 saturated heterocycles. The van der Waals surface area contributed by atoms with Crippen molar-refractivity contribution in [3.63, 3.8) is 0 Å². The van der Waals surface area contributed by atoms with Gasteiger partial charge in [-0.1, -0.05) is 31.2 Å². The molecule has 0 aromatic heterocycles. The van der Waals surface area contributed by atoms with Crippen molar-refractivity contribution in [2.24, 2.45) is 0 Å². The Morgan fingerprint density at radius 1 is 0.537 bits per heavy atom. The van der Waals surface area contributed by atoms with E-state index in [4.69, 9.17) is 18.9 Å². The van der Waals surface area contributed by atoms with Crippen LogP contribution in [0.4, 0.5) is 0 Å². The number of hydrogen-bond donors (Lipinski definition) is 0. The minimum atomic E-state index is -0.615. The van der Waals surface area contributed by atoms with Gasteiger partial charge in [-0.15, -0.1) is 0 Å². The fourth-order valence-corrected chi connectivity index (χ4v) is 5.30. The first kappa shape index (κ1) is 29.3. The van der Waals surface area contributed by atoms with Gasteiger partial charge in [0.2, 0.25) is 0 Å². The highest BCUT2D eigenvalue weighted by molar-refractivity contribution is 6.08. The van der Waals surface area contributed by atoms with Crippen molar-refractivity contribution in [1.29, 1.82) is 0 Å². The molecule has 0 aliphatic rings. The summed E-state index contributed by atoms with van der Waals surface area (Å²) in [7, 11) is 5.08. The van der Waals surface area contributed by atoms with Crippen molar-refractivity contribution in [3.8, 4) is 0 Å². The van der Waals surface area contributed by atoms with Crippen LogP contribution in [0, 0.1) is 13.8 Å². The van der Waals surface area contributed by atoms with Crippen molar-refractivity contribution < 1.29 is 38.1 Å². The molecule has 0 N–H and O–H groups in total. The number of benzene rings is 4. The lowest BCUT2D eigenvalue weighted by Crippen LogP contribution is -2.12. The Labute approximate surface area is 238 Å². The molecule has 0 saturated carbocycles. The van der Waals surface area contributed by atoms with Gasteiger partial charge in [0.15, 0.2) is 0 Å². The van der Waals surface area contributed by atoms with Gasteiger partial charge in [-0.2, -0.15) is 0 Å². The summed E-state index contributed by atoms with van der Waals surface area (Å²) < 4.78 is 19.6. The zero-order valence-electron chi connectivity index (χ0n) is 24.2. The molecule has 8 heteroatoms. The fraction of sp³-hybridized carbons (Fsp3) is 0.273. The van der Waals surface area contributed by atoms with Gasteiger partial charge >= 0.3 is 23.9 Å². The lowest BCUT2D eigenvalue weighted by molar-refractivity contribution is 0.0555. The van der Waals surface area contributed by atoms with E-state index >= 15 is 0 Å². The molecular formula is C33H32O8. The summed E-state index contributed by atoms with van der Waals surface area (Å²) in [4.78, 5) is 49.6. The number of hydrogen-bond acceptors (Lipinski definition) is 8. The predicted octanol–water partition coefficient (Wildman–Crippen LogP) is 6.10. The van der Waals surface area contributed by atoms with Crippen molar-refractivity contribution in [2.75, 3.05) is 28.4 Å². The van der Waals surface area contributed by atoms with Gasteiger partial charge in [0.05, 0.1) is 50.7 Å². The van der Waals surface area contributed by atoms with E-state index in [2.05, 4.69) is 6.92 Å². The Hall–Kier alpha value is -4.72. The summed E-state index contributed by atoms with van der Waals surface area (Å²) in [6.45, 7) is 6.15. The molecule has 0 radical (unpaired) electrons. The summed E-state index contributed by atoms with van der Waals surface area (Å²) in [5.74, 6) is -2.36. The number of fused-ring (bicyclic) bond motifs is 2. The van der Waals surface area contributed by atoms with Crippen LogP contribution in [0.2, 0.25) is 0 Å². The van der Waals surface area contributed by atoms with E-state index in [1.165, 1.54) is 28.4 Å². The molecule has 0 amide bonds. The van der Waals surface area contributed by atoms with Crippen LogP contribution in [0.25, 0.3) is 21.5 Å². The number of carbonyl (C=O) groups excluding carboxylic acids is 4. The van der Waals surface area contributed by atoms with Crippen LogP contribution in [0.3, 0.4) is 0 Å². The van der Waals surface area contributed by atoms with Crippen LogP contribution >= 0.6 is 0 Å². The van der Waals surface area contributed by atoms with Crippen LogP contribution in [-0.4, -0.2) is 52.3 Å². The Kier molecular flexibility index (Phi) is 8.42. The van der Waals surface area contributed by atoms with E-state index in [9.17, 15) is 19.2 Å². The van der Waals surface area contributed by atoms with Gasteiger partial charge in [0, 0.05) is 0 Å². The molecule has 0 aliphatic carbocycles. The zero-order valence-corrected chi connectivity index (χ0v) is 24.2. The first-order chi connectivity index (χ1) is 19.5. The van der Waals surface area contributed by atoms with Gasteiger partial charge in [-0.25, -0.2) is 19.2 Å². The van der Waals surface area contributed by atoms with Gasteiger partial charge in [0.25, 0.3) is 0 Å². The third-order valence-corrected chi connectivity index (χ3v) is 7.47. The maximum absolute atomic E-state index is 12.4. The van der Waals surface area contributed by atoms with Gasteiger partial charge in [-0.3, -0.25) is 0 Å². The van der Waals surface area contributed by atoms with Crippen molar-refractivity contribution >= 4 is 45.4 Å². The number of aryl methyl sites for hydroxylation is 2. The fourth-order valence-electron chi connectivity index (χ4n) is 5.30. The molecule has 4 rings (SSSR count). The highest BCUT2D eigenvalue weighted by Crippen LogP contribution is 2.33. The first-order valence-corrected chi connectivity index (χ1v) is 13.0. The summed E-state index contributed by atoms with van der Waals surface area (Å²) in [6.07, 6.45) is 0.699. The minimum absolute atomic E-state index is 0.0897. The summed E-state index contributed by atoms with van der Waals surface area (Å²) in [5.41, 5.74) is 4.86. The standard InChI is InChI=1S/C33H32O8/c1-17-8-21-13-26(30(34)38-4)28(32(36)40-6)15-23(21)11-20(17)9-18(2)25-12-24-16-29(33(37)41-7)27(31(35)39-5)14-22(24)10-19(25)3/h8,10-16,18H,9H2,1-7H3. The smallest absolute Gasteiger partial charge is 0.338 e. The average Bonchev–Trinajstić information content (AvgIpc) is 2.98. The molecule has 8 nitrogen and oxygen atoms in total. The van der Waals surface area contributed by atoms with Crippen molar-refractivity contribution in [3.05, 3.63) is 93.0 Å². The molecule has 4 aromatic rings. The lowest BCUT2D eigenvalue weighted by atomic mass is 9.86. The Balaban J connectivity index is 1.76. The number of methoxy groups -OCH3 is 4. The third-order valence-electron chi connectivity index (χ3n) is 7.47. The molecule has 0 heterocycles.